The maximum atomic E-state index is 14.5. The lowest BCUT2D eigenvalue weighted by Gasteiger charge is -2.18. The fraction of sp³-hybridized carbons (Fsp3) is 0.263. The zero-order chi connectivity index (χ0) is 18.0. The molecule has 0 aliphatic carbocycles. The lowest BCUT2D eigenvalue weighted by Crippen LogP contribution is -2.08. The third-order valence-corrected chi connectivity index (χ3v) is 5.14. The number of rotatable bonds is 6. The second-order valence-electron chi connectivity index (χ2n) is 5.86. The molecule has 3 rings (SSSR count). The third kappa shape index (κ3) is 3.54. The molecule has 0 bridgehead atoms. The molecule has 1 unspecified atom stereocenters. The van der Waals surface area contributed by atoms with E-state index in [0.29, 0.717) is 0 Å². The van der Waals surface area contributed by atoms with Crippen molar-refractivity contribution in [2.75, 3.05) is 12.9 Å². The Hall–Kier alpha value is -1.56. The molecule has 0 aliphatic rings. The fourth-order valence-corrected chi connectivity index (χ4v) is 4.02. The second kappa shape index (κ2) is 7.77. The molecule has 0 amide bonds. The topological polar surface area (TPSA) is 36.0 Å². The zero-order valence-electron chi connectivity index (χ0n) is 13.7. The van der Waals surface area contributed by atoms with Crippen LogP contribution in [0.1, 0.15) is 29.0 Å². The molecule has 25 heavy (non-hydrogen) atoms. The number of hydrogen-bond acceptors (Lipinski definition) is 2. The van der Waals surface area contributed by atoms with Gasteiger partial charge in [-0.3, -0.25) is 0 Å². The Kier molecular flexibility index (Phi) is 5.67. The summed E-state index contributed by atoms with van der Waals surface area (Å²) < 4.78 is 28.9. The molecule has 0 fully saturated rings. The Bertz CT molecular complexity index is 873. The van der Waals surface area contributed by atoms with Crippen molar-refractivity contribution in [1.29, 1.82) is 0 Å². The number of H-pyrrole nitrogens is 1. The van der Waals surface area contributed by atoms with Crippen LogP contribution in [0.25, 0.3) is 10.9 Å². The molecule has 1 heterocycles. The van der Waals surface area contributed by atoms with Crippen molar-refractivity contribution in [3.63, 3.8) is 0 Å². The highest BCUT2D eigenvalue weighted by atomic mass is 35.5. The van der Waals surface area contributed by atoms with Crippen molar-refractivity contribution in [2.24, 2.45) is 0 Å². The number of nitrogens with one attached hydrogen (secondary N) is 1. The van der Waals surface area contributed by atoms with Crippen LogP contribution in [0, 0.1) is 11.6 Å². The predicted molar refractivity (Wildman–Crippen MR) is 100 cm³/mol. The summed E-state index contributed by atoms with van der Waals surface area (Å²) in [5.41, 5.74) is 2.81. The highest BCUT2D eigenvalue weighted by molar-refractivity contribution is 7.97. The number of thioether (sulfide) groups is 1. The van der Waals surface area contributed by atoms with Crippen LogP contribution in [0.15, 0.2) is 36.5 Å². The number of aromatic amines is 1. The van der Waals surface area contributed by atoms with Crippen molar-refractivity contribution in [3.8, 4) is 0 Å². The van der Waals surface area contributed by atoms with Crippen LogP contribution < -0.4 is 0 Å². The van der Waals surface area contributed by atoms with Gasteiger partial charge in [0.05, 0.1) is 0 Å². The van der Waals surface area contributed by atoms with Crippen LogP contribution in [0.5, 0.6) is 0 Å². The second-order valence-corrected chi connectivity index (χ2v) is 7.17. The summed E-state index contributed by atoms with van der Waals surface area (Å²) in [6.07, 6.45) is 4.02. The van der Waals surface area contributed by atoms with E-state index in [-0.39, 0.29) is 23.6 Å². The molecule has 1 atom stereocenters. The van der Waals surface area contributed by atoms with Crippen molar-refractivity contribution < 1.29 is 13.9 Å². The molecule has 0 spiro atoms. The van der Waals surface area contributed by atoms with Gasteiger partial charge in [0.15, 0.2) is 0 Å². The van der Waals surface area contributed by atoms with E-state index < -0.39 is 17.6 Å². The first-order valence-corrected chi connectivity index (χ1v) is 9.67. The zero-order valence-corrected chi connectivity index (χ0v) is 15.2. The molecule has 0 saturated carbocycles. The van der Waals surface area contributed by atoms with Gasteiger partial charge in [0.2, 0.25) is 0 Å². The van der Waals surface area contributed by atoms with E-state index in [1.54, 1.807) is 18.0 Å². The minimum Gasteiger partial charge on any atom is -0.396 e. The summed E-state index contributed by atoms with van der Waals surface area (Å²) in [5.74, 6) is -1.15. The molecule has 6 heteroatoms. The van der Waals surface area contributed by atoms with Gasteiger partial charge >= 0.3 is 0 Å². The number of fused-ring (bicyclic) bond motifs is 1. The van der Waals surface area contributed by atoms with Gasteiger partial charge in [0.25, 0.3) is 0 Å². The van der Waals surface area contributed by atoms with E-state index >= 15 is 0 Å². The number of para-hydroxylation sites is 1. The van der Waals surface area contributed by atoms with Gasteiger partial charge in [-0.2, -0.15) is 11.8 Å². The van der Waals surface area contributed by atoms with E-state index in [1.807, 2.05) is 24.5 Å². The van der Waals surface area contributed by atoms with Crippen LogP contribution in [0.3, 0.4) is 0 Å². The molecule has 0 aliphatic heterocycles. The molecule has 1 aromatic heterocycles. The summed E-state index contributed by atoms with van der Waals surface area (Å²) in [4.78, 5) is 3.23. The van der Waals surface area contributed by atoms with Crippen molar-refractivity contribution in [2.45, 2.75) is 18.1 Å². The fourth-order valence-electron chi connectivity index (χ4n) is 3.27. The molecular formula is C19H18ClF2NOS. The van der Waals surface area contributed by atoms with E-state index in [4.69, 9.17) is 11.6 Å². The number of hydrogen-bond donors (Lipinski definition) is 2. The normalized spacial score (nSPS) is 12.7. The summed E-state index contributed by atoms with van der Waals surface area (Å²) in [5, 5.41) is 10.4. The van der Waals surface area contributed by atoms with E-state index in [0.717, 1.165) is 39.9 Å². The Labute approximate surface area is 154 Å². The minimum absolute atomic E-state index is 0.0164. The van der Waals surface area contributed by atoms with Crippen LogP contribution >= 0.6 is 23.4 Å². The van der Waals surface area contributed by atoms with E-state index in [2.05, 4.69) is 4.98 Å². The Balaban J connectivity index is 2.17. The van der Waals surface area contributed by atoms with Gasteiger partial charge in [-0.25, -0.2) is 8.78 Å². The molecular weight excluding hydrogens is 364 g/mol. The van der Waals surface area contributed by atoms with Crippen LogP contribution in [0.4, 0.5) is 8.78 Å². The highest BCUT2D eigenvalue weighted by Crippen LogP contribution is 2.37. The summed E-state index contributed by atoms with van der Waals surface area (Å²) >= 11 is 7.45. The maximum Gasteiger partial charge on any atom is 0.131 e. The summed E-state index contributed by atoms with van der Waals surface area (Å²) in [7, 11) is 0. The Morgan fingerprint density at radius 1 is 1.24 bits per heavy atom. The minimum atomic E-state index is -0.696. The first kappa shape index (κ1) is 18.2. The van der Waals surface area contributed by atoms with Gasteiger partial charge in [-0.1, -0.05) is 29.8 Å². The number of aliphatic hydroxyl groups excluding tert-OH is 1. The van der Waals surface area contributed by atoms with Gasteiger partial charge in [-0.15, -0.1) is 0 Å². The number of benzene rings is 2. The molecule has 2 N–H and O–H groups in total. The van der Waals surface area contributed by atoms with Crippen LogP contribution in [-0.4, -0.2) is 23.0 Å². The van der Waals surface area contributed by atoms with Gasteiger partial charge < -0.3 is 10.1 Å². The molecule has 3 aromatic rings. The SMILES string of the molecule is CSCc1cccc2c(C(CCO)c3c(F)cc(Cl)cc3F)c[nH]c12. The van der Waals surface area contributed by atoms with Gasteiger partial charge in [0.1, 0.15) is 11.6 Å². The first-order valence-electron chi connectivity index (χ1n) is 7.90. The average molecular weight is 382 g/mol. The van der Waals surface area contributed by atoms with Crippen molar-refractivity contribution in [1.82, 2.24) is 4.98 Å². The smallest absolute Gasteiger partial charge is 0.131 e. The lowest BCUT2D eigenvalue weighted by molar-refractivity contribution is 0.280. The average Bonchev–Trinajstić information content (AvgIpc) is 2.98. The van der Waals surface area contributed by atoms with Crippen molar-refractivity contribution >= 4 is 34.3 Å². The number of halogens is 3. The van der Waals surface area contributed by atoms with Crippen LogP contribution in [0.2, 0.25) is 5.02 Å². The number of aliphatic hydroxyl groups is 1. The standard InChI is InChI=1S/C19H18ClF2NOS/c1-25-10-11-3-2-4-14-15(9-23-19(11)14)13(5-6-24)18-16(21)7-12(20)8-17(18)22/h2-4,7-9,13,23-24H,5-6,10H2,1H3. The molecule has 0 radical (unpaired) electrons. The van der Waals surface area contributed by atoms with E-state index in [1.165, 1.54) is 0 Å². The van der Waals surface area contributed by atoms with Crippen LogP contribution in [-0.2, 0) is 5.75 Å². The molecule has 132 valence electrons. The summed E-state index contributed by atoms with van der Waals surface area (Å²) in [6, 6.07) is 8.12. The number of aromatic nitrogens is 1. The Morgan fingerprint density at radius 3 is 2.60 bits per heavy atom. The first-order chi connectivity index (χ1) is 12.1. The molecule has 2 nitrogen and oxygen atoms in total. The highest BCUT2D eigenvalue weighted by Gasteiger charge is 2.25. The maximum absolute atomic E-state index is 14.5. The predicted octanol–water partition coefficient (Wildman–Crippen LogP) is 5.48. The van der Waals surface area contributed by atoms with Crippen molar-refractivity contribution in [3.05, 3.63) is 69.9 Å². The quantitative estimate of drug-likeness (QED) is 0.593. The third-order valence-electron chi connectivity index (χ3n) is 4.32. The lowest BCUT2D eigenvalue weighted by atomic mass is 9.87. The van der Waals surface area contributed by atoms with Gasteiger partial charge in [-0.05, 0) is 35.9 Å². The Morgan fingerprint density at radius 2 is 1.96 bits per heavy atom. The molecule has 0 saturated heterocycles. The molecule has 2 aromatic carbocycles. The monoisotopic (exact) mass is 381 g/mol. The van der Waals surface area contributed by atoms with Gasteiger partial charge in [0, 0.05) is 46.0 Å². The van der Waals surface area contributed by atoms with E-state index in [9.17, 15) is 13.9 Å². The largest absolute Gasteiger partial charge is 0.396 e. The summed E-state index contributed by atoms with van der Waals surface area (Å²) in [6.45, 7) is -0.177.